The lowest BCUT2D eigenvalue weighted by Gasteiger charge is -2.30. The molecule has 3 aliphatic heterocycles. The first kappa shape index (κ1) is 15.6. The maximum absolute atomic E-state index is 13.0. The Morgan fingerprint density at radius 3 is 2.72 bits per heavy atom. The largest absolute Gasteiger partial charge is 0.355 e. The first-order valence-corrected chi connectivity index (χ1v) is 7.85. The Morgan fingerprint density at radius 2 is 2.00 bits per heavy atom. The molecule has 0 unspecified atom stereocenters. The average Bonchev–Trinajstić information content (AvgIpc) is 2.98. The number of carbonyl (C=O) groups excluding carboxylic acids is 2. The molecule has 0 N–H and O–H groups in total. The van der Waals surface area contributed by atoms with E-state index in [1.54, 1.807) is 19.2 Å². The molecule has 4 atom stereocenters. The molecular weight excluding hydrogens is 326 g/mol. The lowest BCUT2D eigenvalue weighted by atomic mass is 9.85. The van der Waals surface area contributed by atoms with Gasteiger partial charge in [0.05, 0.1) is 16.9 Å². The van der Waals surface area contributed by atoms with Gasteiger partial charge in [-0.3, -0.25) is 24.7 Å². The van der Waals surface area contributed by atoms with Gasteiger partial charge >= 0.3 is 0 Å². The van der Waals surface area contributed by atoms with Crippen LogP contribution in [0.2, 0.25) is 0 Å². The summed E-state index contributed by atoms with van der Waals surface area (Å²) in [6, 6.07) is 5.17. The van der Waals surface area contributed by atoms with Crippen molar-refractivity contribution in [2.24, 2.45) is 10.9 Å². The lowest BCUT2D eigenvalue weighted by molar-refractivity contribution is -0.384. The van der Waals surface area contributed by atoms with Crippen molar-refractivity contribution in [1.82, 2.24) is 0 Å². The van der Waals surface area contributed by atoms with Crippen molar-refractivity contribution in [3.05, 3.63) is 46.0 Å². The van der Waals surface area contributed by atoms with Gasteiger partial charge in [0.15, 0.2) is 6.10 Å². The topological polar surface area (TPSA) is 102 Å². The van der Waals surface area contributed by atoms with E-state index in [0.29, 0.717) is 0 Å². The number of ether oxygens (including phenoxy) is 1. The van der Waals surface area contributed by atoms with Gasteiger partial charge in [-0.2, -0.15) is 0 Å². The van der Waals surface area contributed by atoms with Gasteiger partial charge in [0.25, 0.3) is 11.6 Å². The number of allylic oxidation sites excluding steroid dienone is 1. The number of carbonyl (C=O) groups is 2. The number of anilines is 1. The highest BCUT2D eigenvalue weighted by molar-refractivity contribution is 6.24. The number of rotatable bonds is 2. The Balaban J connectivity index is 1.76. The Morgan fingerprint density at radius 1 is 1.28 bits per heavy atom. The highest BCUT2D eigenvalue weighted by Crippen LogP contribution is 2.47. The molecule has 0 aliphatic carbocycles. The third-order valence-corrected chi connectivity index (χ3v) is 4.88. The van der Waals surface area contributed by atoms with Crippen LogP contribution in [0, 0.1) is 16.0 Å². The van der Waals surface area contributed by atoms with Crippen molar-refractivity contribution in [2.75, 3.05) is 4.90 Å². The monoisotopic (exact) mass is 341 g/mol. The van der Waals surface area contributed by atoms with Crippen LogP contribution < -0.4 is 4.90 Å². The molecule has 8 heteroatoms. The zero-order valence-corrected chi connectivity index (χ0v) is 13.6. The minimum Gasteiger partial charge on any atom is -0.355 e. The second kappa shape index (κ2) is 5.06. The van der Waals surface area contributed by atoms with Gasteiger partial charge < -0.3 is 4.74 Å². The average molecular weight is 341 g/mol. The fourth-order valence-electron chi connectivity index (χ4n) is 3.88. The van der Waals surface area contributed by atoms with E-state index in [9.17, 15) is 19.7 Å². The molecule has 0 radical (unpaired) electrons. The smallest absolute Gasteiger partial charge is 0.293 e. The van der Waals surface area contributed by atoms with Crippen molar-refractivity contribution in [3.8, 4) is 0 Å². The number of hydrogen-bond donors (Lipinski definition) is 0. The molecule has 8 nitrogen and oxygen atoms in total. The maximum Gasteiger partial charge on any atom is 0.293 e. The molecular formula is C17H15N3O5. The predicted octanol–water partition coefficient (Wildman–Crippen LogP) is 1.64. The summed E-state index contributed by atoms with van der Waals surface area (Å²) >= 11 is 0. The van der Waals surface area contributed by atoms with Crippen LogP contribution in [0.5, 0.6) is 0 Å². The van der Waals surface area contributed by atoms with Crippen LogP contribution >= 0.6 is 0 Å². The lowest BCUT2D eigenvalue weighted by Crippen LogP contribution is -2.43. The van der Waals surface area contributed by atoms with E-state index < -0.39 is 40.4 Å². The standard InChI is InChI=1S/C17H15N3O5/c1-9-7-17(2)14(18-8-9)12-13(25-17)16(22)19(15(12)21)10-5-3-4-6-11(10)20(23)24/h3-8,12-14H,1-2H3/t12-,13-,14-,17-/m0/s1. The van der Waals surface area contributed by atoms with Crippen molar-refractivity contribution in [1.29, 1.82) is 0 Å². The van der Waals surface area contributed by atoms with Gasteiger partial charge in [0, 0.05) is 12.3 Å². The summed E-state index contributed by atoms with van der Waals surface area (Å²) in [6.07, 6.45) is 2.53. The number of amides is 2. The zero-order chi connectivity index (χ0) is 17.9. The Kier molecular flexibility index (Phi) is 3.17. The Bertz CT molecular complexity index is 877. The third-order valence-electron chi connectivity index (χ3n) is 4.88. The quantitative estimate of drug-likeness (QED) is 0.462. The van der Waals surface area contributed by atoms with Crippen LogP contribution in [-0.2, 0) is 14.3 Å². The van der Waals surface area contributed by atoms with Gasteiger partial charge in [-0.1, -0.05) is 12.1 Å². The summed E-state index contributed by atoms with van der Waals surface area (Å²) in [5.41, 5.74) is -0.258. The predicted molar refractivity (Wildman–Crippen MR) is 88.4 cm³/mol. The normalized spacial score (nSPS) is 33.3. The van der Waals surface area contributed by atoms with Gasteiger partial charge in [0.1, 0.15) is 11.3 Å². The first-order chi connectivity index (χ1) is 11.8. The molecule has 2 saturated heterocycles. The van der Waals surface area contributed by atoms with E-state index in [1.807, 2.05) is 13.0 Å². The van der Waals surface area contributed by atoms with Crippen LogP contribution in [0.3, 0.4) is 0 Å². The summed E-state index contributed by atoms with van der Waals surface area (Å²) in [4.78, 5) is 41.7. The fourth-order valence-corrected chi connectivity index (χ4v) is 3.88. The number of fused-ring (bicyclic) bond motifs is 3. The van der Waals surface area contributed by atoms with Crippen molar-refractivity contribution < 1.29 is 19.2 Å². The van der Waals surface area contributed by atoms with Gasteiger partial charge in [-0.05, 0) is 31.6 Å². The molecule has 128 valence electrons. The summed E-state index contributed by atoms with van der Waals surface area (Å²) in [6.45, 7) is 3.66. The molecule has 3 aliphatic rings. The van der Waals surface area contributed by atoms with Crippen LogP contribution in [0.25, 0.3) is 0 Å². The molecule has 0 spiro atoms. The number of aliphatic imine (C=N–C) groups is 1. The minimum absolute atomic E-state index is 0.0336. The van der Waals surface area contributed by atoms with Crippen LogP contribution in [-0.4, -0.2) is 40.7 Å². The van der Waals surface area contributed by atoms with E-state index in [4.69, 9.17) is 4.74 Å². The highest BCUT2D eigenvalue weighted by Gasteiger charge is 2.64. The second-order valence-corrected chi connectivity index (χ2v) is 6.62. The number of imide groups is 1. The number of hydrogen-bond acceptors (Lipinski definition) is 6. The van der Waals surface area contributed by atoms with Gasteiger partial charge in [-0.15, -0.1) is 0 Å². The number of nitrogens with zero attached hydrogens (tertiary/aromatic N) is 3. The van der Waals surface area contributed by atoms with Gasteiger partial charge in [-0.25, -0.2) is 4.90 Å². The number of dihydropyridines is 1. The van der Waals surface area contributed by atoms with E-state index in [1.165, 1.54) is 18.2 Å². The third kappa shape index (κ3) is 2.07. The van der Waals surface area contributed by atoms with E-state index >= 15 is 0 Å². The molecule has 1 aromatic rings. The Hall–Kier alpha value is -2.87. The van der Waals surface area contributed by atoms with Crippen LogP contribution in [0.15, 0.2) is 40.9 Å². The molecule has 3 heterocycles. The second-order valence-electron chi connectivity index (χ2n) is 6.62. The van der Waals surface area contributed by atoms with Crippen molar-refractivity contribution in [2.45, 2.75) is 31.6 Å². The molecule has 0 bridgehead atoms. The molecule has 4 rings (SSSR count). The Labute approximate surface area is 142 Å². The molecule has 1 aromatic carbocycles. The molecule has 2 amide bonds. The molecule has 0 saturated carbocycles. The minimum atomic E-state index is -0.985. The van der Waals surface area contributed by atoms with Crippen LogP contribution in [0.1, 0.15) is 13.8 Å². The summed E-state index contributed by atoms with van der Waals surface area (Å²) < 4.78 is 5.91. The molecule has 0 aromatic heterocycles. The number of para-hydroxylation sites is 2. The van der Waals surface area contributed by atoms with E-state index in [2.05, 4.69) is 4.99 Å². The number of nitro benzene ring substituents is 1. The summed E-state index contributed by atoms with van der Waals surface area (Å²) in [5.74, 6) is -1.87. The van der Waals surface area contributed by atoms with Crippen molar-refractivity contribution >= 4 is 29.4 Å². The summed E-state index contributed by atoms with van der Waals surface area (Å²) in [5, 5.41) is 11.2. The number of nitro groups is 1. The molecule has 2 fully saturated rings. The van der Waals surface area contributed by atoms with Gasteiger partial charge in [0.2, 0.25) is 5.91 Å². The molecule has 25 heavy (non-hydrogen) atoms. The SMILES string of the molecule is CC1=C[C@]2(C)O[C@@H]3C(=O)N(c4ccccc4[N+](=O)[O-])C(=O)[C@@H]3[C@@H]2N=C1. The highest BCUT2D eigenvalue weighted by atomic mass is 16.6. The maximum atomic E-state index is 13.0. The van der Waals surface area contributed by atoms with E-state index in [0.717, 1.165) is 10.5 Å². The zero-order valence-electron chi connectivity index (χ0n) is 13.6. The van der Waals surface area contributed by atoms with E-state index in [-0.39, 0.29) is 11.4 Å². The number of benzene rings is 1. The fraction of sp³-hybridized carbons (Fsp3) is 0.353. The first-order valence-electron chi connectivity index (χ1n) is 7.85. The summed E-state index contributed by atoms with van der Waals surface area (Å²) in [7, 11) is 0. The van der Waals surface area contributed by atoms with Crippen molar-refractivity contribution in [3.63, 3.8) is 0 Å². The van der Waals surface area contributed by atoms with Crippen LogP contribution in [0.4, 0.5) is 11.4 Å².